The first kappa shape index (κ1) is 13.3. The quantitative estimate of drug-likeness (QED) is 0.465. The average Bonchev–Trinajstić information content (AvgIpc) is 2.39. The van der Waals surface area contributed by atoms with Crippen LogP contribution in [0.15, 0.2) is 24.8 Å². The second-order valence-electron chi connectivity index (χ2n) is 6.49. The first-order valence-electron chi connectivity index (χ1n) is 6.45. The fourth-order valence-electron chi connectivity index (χ4n) is 3.22. The molecule has 0 radical (unpaired) electrons. The van der Waals surface area contributed by atoms with E-state index in [2.05, 4.69) is 27.0 Å². The van der Waals surface area contributed by atoms with Crippen molar-refractivity contribution in [3.8, 4) is 0 Å². The molecule has 3 heteroatoms. The van der Waals surface area contributed by atoms with E-state index in [1.54, 1.807) is 6.92 Å². The lowest BCUT2D eigenvalue weighted by Crippen LogP contribution is -2.47. The minimum atomic E-state index is -1.18. The molecule has 1 saturated carbocycles. The highest BCUT2D eigenvalue weighted by Crippen LogP contribution is 2.57. The highest BCUT2D eigenvalue weighted by Gasteiger charge is 2.54. The number of rotatable bonds is 2. The van der Waals surface area contributed by atoms with Crippen LogP contribution < -0.4 is 0 Å². The Hall–Kier alpha value is -1.09. The predicted molar refractivity (Wildman–Crippen MR) is 69.8 cm³/mol. The molecule has 1 aliphatic heterocycles. The summed E-state index contributed by atoms with van der Waals surface area (Å²) in [6.07, 6.45) is 2.55. The predicted octanol–water partition coefficient (Wildman–Crippen LogP) is 2.46. The van der Waals surface area contributed by atoms with Crippen molar-refractivity contribution in [3.05, 3.63) is 24.8 Å². The molecule has 0 aromatic heterocycles. The highest BCUT2D eigenvalue weighted by atomic mass is 16.6. The Bertz CT molecular complexity index is 406. The summed E-state index contributed by atoms with van der Waals surface area (Å²) in [5, 5.41) is 10.3. The lowest BCUT2D eigenvalue weighted by molar-refractivity contribution is -0.154. The molecule has 0 bridgehead atoms. The number of carbonyl (C=O) groups is 1. The molecule has 3 nitrogen and oxygen atoms in total. The van der Waals surface area contributed by atoms with E-state index in [4.69, 9.17) is 4.74 Å². The van der Waals surface area contributed by atoms with Crippen molar-refractivity contribution in [3.63, 3.8) is 0 Å². The van der Waals surface area contributed by atoms with Crippen molar-refractivity contribution in [1.29, 1.82) is 0 Å². The first-order valence-corrected chi connectivity index (χ1v) is 6.45. The molecule has 4 atom stereocenters. The molecule has 1 aliphatic carbocycles. The van der Waals surface area contributed by atoms with Gasteiger partial charge < -0.3 is 9.84 Å². The molecule has 2 aliphatic rings. The second kappa shape index (κ2) is 3.95. The van der Waals surface area contributed by atoms with Gasteiger partial charge in [-0.2, -0.15) is 0 Å². The monoisotopic (exact) mass is 250 g/mol. The minimum Gasteiger partial charge on any atom is -0.456 e. The van der Waals surface area contributed by atoms with Crippen LogP contribution in [0, 0.1) is 17.3 Å². The van der Waals surface area contributed by atoms with E-state index >= 15 is 0 Å². The molecule has 1 N–H and O–H groups in total. The van der Waals surface area contributed by atoms with E-state index in [1.807, 2.05) is 0 Å². The standard InChI is InChI=1S/C15H22O3/c1-6-15(5,17)12-7-11-10(8-14(11,3)4)9(2)13(16)18-12/h6,10-12,17H,1-2,7-8H2,3-5H3. The van der Waals surface area contributed by atoms with Gasteiger partial charge in [-0.15, -0.1) is 6.58 Å². The van der Waals surface area contributed by atoms with E-state index in [9.17, 15) is 9.90 Å². The molecular formula is C15H22O3. The molecule has 2 fully saturated rings. The van der Waals surface area contributed by atoms with Gasteiger partial charge in [0.1, 0.15) is 11.7 Å². The maximum absolute atomic E-state index is 11.9. The fraction of sp³-hybridized carbons (Fsp3) is 0.667. The Kier molecular flexibility index (Phi) is 2.93. The number of carbonyl (C=O) groups excluding carboxylic acids is 1. The van der Waals surface area contributed by atoms with Crippen molar-refractivity contribution in [1.82, 2.24) is 0 Å². The molecule has 4 unspecified atom stereocenters. The van der Waals surface area contributed by atoms with Crippen LogP contribution in [0.4, 0.5) is 0 Å². The third-order valence-electron chi connectivity index (χ3n) is 4.73. The molecule has 0 spiro atoms. The summed E-state index contributed by atoms with van der Waals surface area (Å²) >= 11 is 0. The van der Waals surface area contributed by atoms with E-state index in [1.165, 1.54) is 6.08 Å². The second-order valence-corrected chi connectivity index (χ2v) is 6.49. The zero-order valence-electron chi connectivity index (χ0n) is 11.4. The van der Waals surface area contributed by atoms with Crippen LogP contribution in [0.25, 0.3) is 0 Å². The van der Waals surface area contributed by atoms with E-state index in [0.717, 1.165) is 6.42 Å². The Morgan fingerprint density at radius 2 is 2.17 bits per heavy atom. The molecule has 0 aromatic rings. The molecule has 0 amide bonds. The van der Waals surface area contributed by atoms with Gasteiger partial charge in [-0.1, -0.05) is 26.5 Å². The number of ether oxygens (including phenoxy) is 1. The van der Waals surface area contributed by atoms with Gasteiger partial charge in [0.25, 0.3) is 0 Å². The summed E-state index contributed by atoms with van der Waals surface area (Å²) in [6, 6.07) is 0. The van der Waals surface area contributed by atoms with Gasteiger partial charge in [0.15, 0.2) is 0 Å². The molecule has 2 rings (SSSR count). The summed E-state index contributed by atoms with van der Waals surface area (Å²) in [5.74, 6) is 0.177. The summed E-state index contributed by atoms with van der Waals surface area (Å²) in [5.41, 5.74) is -0.449. The van der Waals surface area contributed by atoms with Crippen LogP contribution in [-0.2, 0) is 9.53 Å². The van der Waals surface area contributed by atoms with Gasteiger partial charge in [-0.25, -0.2) is 4.79 Å². The van der Waals surface area contributed by atoms with E-state index in [-0.39, 0.29) is 17.3 Å². The smallest absolute Gasteiger partial charge is 0.334 e. The SMILES string of the molecule is C=CC(C)(O)C1CC2C(CC2(C)C)C(=C)C(=O)O1. The van der Waals surface area contributed by atoms with Gasteiger partial charge >= 0.3 is 5.97 Å². The lowest BCUT2D eigenvalue weighted by atomic mass is 9.52. The normalized spacial score (nSPS) is 37.7. The Balaban J connectivity index is 2.29. The molecule has 1 heterocycles. The molecule has 0 aromatic carbocycles. The Labute approximate surface area is 109 Å². The topological polar surface area (TPSA) is 46.5 Å². The van der Waals surface area contributed by atoms with E-state index in [0.29, 0.717) is 17.9 Å². The minimum absolute atomic E-state index is 0.178. The van der Waals surface area contributed by atoms with Crippen LogP contribution in [0.1, 0.15) is 33.6 Å². The third-order valence-corrected chi connectivity index (χ3v) is 4.73. The molecule has 18 heavy (non-hydrogen) atoms. The maximum atomic E-state index is 11.9. The van der Waals surface area contributed by atoms with Gasteiger partial charge in [0, 0.05) is 5.57 Å². The summed E-state index contributed by atoms with van der Waals surface area (Å²) in [7, 11) is 0. The van der Waals surface area contributed by atoms with Crippen LogP contribution in [0.2, 0.25) is 0 Å². The number of hydrogen-bond donors (Lipinski definition) is 1. The van der Waals surface area contributed by atoms with Crippen molar-refractivity contribution in [2.45, 2.75) is 45.3 Å². The van der Waals surface area contributed by atoms with Gasteiger partial charge in [-0.3, -0.25) is 0 Å². The van der Waals surface area contributed by atoms with Crippen LogP contribution in [-0.4, -0.2) is 22.8 Å². The molecule has 1 saturated heterocycles. The maximum Gasteiger partial charge on any atom is 0.334 e. The lowest BCUT2D eigenvalue weighted by Gasteiger charge is -2.51. The molecular weight excluding hydrogens is 228 g/mol. The first-order chi connectivity index (χ1) is 8.19. The Morgan fingerprint density at radius 3 is 2.67 bits per heavy atom. The van der Waals surface area contributed by atoms with Gasteiger partial charge in [-0.05, 0) is 37.0 Å². The average molecular weight is 250 g/mol. The third kappa shape index (κ3) is 1.91. The number of cyclic esters (lactones) is 1. The molecule has 100 valence electrons. The summed E-state index contributed by atoms with van der Waals surface area (Å²) in [6.45, 7) is 13.5. The fourth-order valence-corrected chi connectivity index (χ4v) is 3.22. The van der Waals surface area contributed by atoms with Crippen LogP contribution in [0.5, 0.6) is 0 Å². The van der Waals surface area contributed by atoms with Gasteiger partial charge in [0.05, 0.1) is 0 Å². The van der Waals surface area contributed by atoms with Crippen LogP contribution >= 0.6 is 0 Å². The number of fused-ring (bicyclic) bond motifs is 1. The zero-order valence-corrected chi connectivity index (χ0v) is 11.4. The highest BCUT2D eigenvalue weighted by molar-refractivity contribution is 5.89. The van der Waals surface area contributed by atoms with Crippen molar-refractivity contribution in [2.24, 2.45) is 17.3 Å². The summed E-state index contributed by atoms with van der Waals surface area (Å²) < 4.78 is 5.39. The van der Waals surface area contributed by atoms with Crippen molar-refractivity contribution in [2.75, 3.05) is 0 Å². The van der Waals surface area contributed by atoms with Crippen molar-refractivity contribution < 1.29 is 14.6 Å². The number of hydrogen-bond acceptors (Lipinski definition) is 3. The largest absolute Gasteiger partial charge is 0.456 e. The van der Waals surface area contributed by atoms with E-state index < -0.39 is 11.7 Å². The summed E-state index contributed by atoms with van der Waals surface area (Å²) in [4.78, 5) is 11.9. The number of esters is 1. The van der Waals surface area contributed by atoms with Crippen molar-refractivity contribution >= 4 is 5.97 Å². The number of aliphatic hydroxyl groups is 1. The zero-order chi connectivity index (χ0) is 13.7. The van der Waals surface area contributed by atoms with Crippen LogP contribution in [0.3, 0.4) is 0 Å². The van der Waals surface area contributed by atoms with Gasteiger partial charge in [0.2, 0.25) is 0 Å². The Morgan fingerprint density at radius 1 is 1.56 bits per heavy atom.